The van der Waals surface area contributed by atoms with E-state index in [2.05, 4.69) is 4.98 Å². The van der Waals surface area contributed by atoms with Gasteiger partial charge in [-0.3, -0.25) is 4.98 Å². The highest BCUT2D eigenvalue weighted by Crippen LogP contribution is 2.21. The molecule has 98 valence electrons. The number of esters is 1. The number of hydrogen-bond donors (Lipinski definition) is 0. The van der Waals surface area contributed by atoms with Crippen LogP contribution >= 0.6 is 0 Å². The van der Waals surface area contributed by atoms with Crippen LogP contribution in [0.25, 0.3) is 0 Å². The molecule has 0 N–H and O–H groups in total. The Bertz CT molecular complexity index is 555. The van der Waals surface area contributed by atoms with Crippen molar-refractivity contribution >= 4 is 11.7 Å². The molecule has 0 aliphatic carbocycles. The van der Waals surface area contributed by atoms with E-state index in [-0.39, 0.29) is 5.97 Å². The maximum absolute atomic E-state index is 11.7. The number of hydrogen-bond acceptors (Lipinski definition) is 4. The number of ether oxygens (including phenoxy) is 1. The highest BCUT2D eigenvalue weighted by atomic mass is 16.5. The predicted octanol–water partition coefficient (Wildman–Crippen LogP) is 2.50. The number of anilines is 1. The smallest absolute Gasteiger partial charge is 0.339 e. The molecule has 0 unspecified atom stereocenters. The van der Waals surface area contributed by atoms with Gasteiger partial charge in [0.1, 0.15) is 0 Å². The van der Waals surface area contributed by atoms with Crippen LogP contribution < -0.4 is 4.90 Å². The van der Waals surface area contributed by atoms with Crippen LogP contribution in [0.5, 0.6) is 0 Å². The van der Waals surface area contributed by atoms with Gasteiger partial charge in [0, 0.05) is 26.0 Å². The Balaban J connectivity index is 2.24. The molecule has 0 radical (unpaired) electrons. The van der Waals surface area contributed by atoms with Crippen LogP contribution in [0.2, 0.25) is 0 Å². The van der Waals surface area contributed by atoms with Crippen LogP contribution in [-0.2, 0) is 11.3 Å². The lowest BCUT2D eigenvalue weighted by molar-refractivity contribution is 0.0601. The van der Waals surface area contributed by atoms with Gasteiger partial charge in [0.25, 0.3) is 0 Å². The fourth-order valence-electron chi connectivity index (χ4n) is 1.94. The Morgan fingerprint density at radius 2 is 2.05 bits per heavy atom. The zero-order valence-corrected chi connectivity index (χ0v) is 11.0. The number of benzene rings is 1. The predicted molar refractivity (Wildman–Crippen MR) is 74.1 cm³/mol. The second kappa shape index (κ2) is 6.00. The third-order valence-electron chi connectivity index (χ3n) is 2.86. The maximum Gasteiger partial charge on any atom is 0.339 e. The summed E-state index contributed by atoms with van der Waals surface area (Å²) in [6, 6.07) is 11.3. The molecule has 2 aromatic rings. The van der Waals surface area contributed by atoms with Crippen molar-refractivity contribution in [3.05, 3.63) is 59.9 Å². The molecular weight excluding hydrogens is 240 g/mol. The van der Waals surface area contributed by atoms with E-state index in [1.54, 1.807) is 12.3 Å². The molecular formula is C15H16N2O2. The average Bonchev–Trinajstić information content (AvgIpc) is 2.47. The van der Waals surface area contributed by atoms with Crippen molar-refractivity contribution in [2.45, 2.75) is 6.54 Å². The van der Waals surface area contributed by atoms with Crippen molar-refractivity contribution in [3.8, 4) is 0 Å². The normalized spacial score (nSPS) is 10.0. The first-order chi connectivity index (χ1) is 9.22. The minimum atomic E-state index is -0.325. The Hall–Kier alpha value is -2.36. The monoisotopic (exact) mass is 256 g/mol. The number of carbonyl (C=O) groups is 1. The minimum absolute atomic E-state index is 0.325. The van der Waals surface area contributed by atoms with E-state index in [9.17, 15) is 4.79 Å². The first kappa shape index (κ1) is 13.1. The van der Waals surface area contributed by atoms with Crippen LogP contribution in [0.3, 0.4) is 0 Å². The van der Waals surface area contributed by atoms with Crippen LogP contribution in [0.15, 0.2) is 48.8 Å². The summed E-state index contributed by atoms with van der Waals surface area (Å²) < 4.78 is 4.80. The van der Waals surface area contributed by atoms with E-state index >= 15 is 0 Å². The summed E-state index contributed by atoms with van der Waals surface area (Å²) >= 11 is 0. The van der Waals surface area contributed by atoms with E-state index in [1.165, 1.54) is 7.11 Å². The SMILES string of the molecule is COC(=O)c1ccccc1N(C)Cc1cccnc1. The molecule has 0 amide bonds. The average molecular weight is 256 g/mol. The number of carbonyl (C=O) groups excluding carboxylic acids is 1. The second-order valence-electron chi connectivity index (χ2n) is 4.23. The third kappa shape index (κ3) is 3.10. The van der Waals surface area contributed by atoms with E-state index in [0.717, 1.165) is 11.3 Å². The molecule has 0 fully saturated rings. The van der Waals surface area contributed by atoms with Crippen LogP contribution in [0, 0.1) is 0 Å². The van der Waals surface area contributed by atoms with E-state index in [1.807, 2.05) is 48.5 Å². The molecule has 4 heteroatoms. The van der Waals surface area contributed by atoms with E-state index < -0.39 is 0 Å². The van der Waals surface area contributed by atoms with Crippen LogP contribution in [0.4, 0.5) is 5.69 Å². The number of methoxy groups -OCH3 is 1. The quantitative estimate of drug-likeness (QED) is 0.788. The van der Waals surface area contributed by atoms with Crippen molar-refractivity contribution in [1.82, 2.24) is 4.98 Å². The number of para-hydroxylation sites is 1. The molecule has 4 nitrogen and oxygen atoms in total. The van der Waals surface area contributed by atoms with Gasteiger partial charge in [0.2, 0.25) is 0 Å². The fraction of sp³-hybridized carbons (Fsp3) is 0.200. The van der Waals surface area contributed by atoms with Gasteiger partial charge in [-0.1, -0.05) is 18.2 Å². The molecule has 0 saturated heterocycles. The summed E-state index contributed by atoms with van der Waals surface area (Å²) in [6.45, 7) is 0.682. The molecule has 1 aromatic carbocycles. The van der Waals surface area contributed by atoms with Crippen molar-refractivity contribution < 1.29 is 9.53 Å². The lowest BCUT2D eigenvalue weighted by atomic mass is 10.1. The van der Waals surface area contributed by atoms with Gasteiger partial charge >= 0.3 is 5.97 Å². The van der Waals surface area contributed by atoms with E-state index in [4.69, 9.17) is 4.74 Å². The summed E-state index contributed by atoms with van der Waals surface area (Å²) in [5.41, 5.74) is 2.50. The number of pyridine rings is 1. The molecule has 2 rings (SSSR count). The lowest BCUT2D eigenvalue weighted by Gasteiger charge is -2.21. The molecule has 1 aromatic heterocycles. The molecule has 19 heavy (non-hydrogen) atoms. The van der Waals surface area contributed by atoms with Crippen LogP contribution in [0.1, 0.15) is 15.9 Å². The highest BCUT2D eigenvalue weighted by Gasteiger charge is 2.14. The molecule has 0 aliphatic rings. The van der Waals surface area contributed by atoms with Gasteiger partial charge < -0.3 is 9.64 Å². The topological polar surface area (TPSA) is 42.4 Å². The first-order valence-electron chi connectivity index (χ1n) is 5.99. The van der Waals surface area contributed by atoms with Crippen LogP contribution in [-0.4, -0.2) is 25.1 Å². The zero-order chi connectivity index (χ0) is 13.7. The Morgan fingerprint density at radius 1 is 1.26 bits per heavy atom. The summed E-state index contributed by atoms with van der Waals surface area (Å²) in [5, 5.41) is 0. The summed E-state index contributed by atoms with van der Waals surface area (Å²) in [6.07, 6.45) is 3.56. The second-order valence-corrected chi connectivity index (χ2v) is 4.23. The number of rotatable bonds is 4. The molecule has 0 saturated carbocycles. The largest absolute Gasteiger partial charge is 0.465 e. The summed E-state index contributed by atoms with van der Waals surface area (Å²) in [7, 11) is 3.33. The standard InChI is InChI=1S/C15H16N2O2/c1-17(11-12-6-5-9-16-10-12)14-8-4-3-7-13(14)15(18)19-2/h3-10H,11H2,1-2H3. The minimum Gasteiger partial charge on any atom is -0.465 e. The summed E-state index contributed by atoms with van der Waals surface area (Å²) in [4.78, 5) is 17.8. The molecule has 0 bridgehead atoms. The highest BCUT2D eigenvalue weighted by molar-refractivity contribution is 5.95. The third-order valence-corrected chi connectivity index (χ3v) is 2.86. The lowest BCUT2D eigenvalue weighted by Crippen LogP contribution is -2.19. The van der Waals surface area contributed by atoms with Gasteiger partial charge in [-0.05, 0) is 23.8 Å². The maximum atomic E-state index is 11.7. The van der Waals surface area contributed by atoms with Gasteiger partial charge in [-0.2, -0.15) is 0 Å². The van der Waals surface area contributed by atoms with Gasteiger partial charge in [0.15, 0.2) is 0 Å². The van der Waals surface area contributed by atoms with Crippen molar-refractivity contribution in [2.75, 3.05) is 19.1 Å². The Morgan fingerprint density at radius 3 is 2.74 bits per heavy atom. The zero-order valence-electron chi connectivity index (χ0n) is 11.0. The van der Waals surface area contributed by atoms with Gasteiger partial charge in [-0.25, -0.2) is 4.79 Å². The fourth-order valence-corrected chi connectivity index (χ4v) is 1.94. The Labute approximate surface area is 112 Å². The number of aromatic nitrogens is 1. The van der Waals surface area contributed by atoms with Gasteiger partial charge in [-0.15, -0.1) is 0 Å². The van der Waals surface area contributed by atoms with Crippen molar-refractivity contribution in [2.24, 2.45) is 0 Å². The van der Waals surface area contributed by atoms with Crippen molar-refractivity contribution in [1.29, 1.82) is 0 Å². The molecule has 0 spiro atoms. The first-order valence-corrected chi connectivity index (χ1v) is 5.99. The summed E-state index contributed by atoms with van der Waals surface area (Å²) in [5.74, 6) is -0.325. The molecule has 0 atom stereocenters. The number of nitrogens with zero attached hydrogens (tertiary/aromatic N) is 2. The molecule has 1 heterocycles. The van der Waals surface area contributed by atoms with E-state index in [0.29, 0.717) is 12.1 Å². The molecule has 0 aliphatic heterocycles. The Kier molecular flexibility index (Phi) is 4.13. The van der Waals surface area contributed by atoms with Crippen molar-refractivity contribution in [3.63, 3.8) is 0 Å². The van der Waals surface area contributed by atoms with Gasteiger partial charge in [0.05, 0.1) is 18.4 Å².